The Bertz CT molecular complexity index is 232. The number of hydrogen-bond donors (Lipinski definition) is 1. The highest BCUT2D eigenvalue weighted by molar-refractivity contribution is 4.82. The fourth-order valence-corrected chi connectivity index (χ4v) is 3.22. The Balaban J connectivity index is 2.35. The molecule has 1 N–H and O–H groups in total. The van der Waals surface area contributed by atoms with Crippen molar-refractivity contribution >= 4 is 0 Å². The van der Waals surface area contributed by atoms with Crippen LogP contribution in [0.1, 0.15) is 73.1 Å². The monoisotopic (exact) mass is 282 g/mol. The van der Waals surface area contributed by atoms with Gasteiger partial charge in [-0.15, -0.1) is 0 Å². The minimum Gasteiger partial charge on any atom is -0.315 e. The lowest BCUT2D eigenvalue weighted by Crippen LogP contribution is -2.46. The molecule has 0 radical (unpaired) electrons. The SMILES string of the molecule is CC(C)CCNCC(C)N(CCC(C)C)C1CCCC1. The summed E-state index contributed by atoms with van der Waals surface area (Å²) < 4.78 is 0. The third-order valence-electron chi connectivity index (χ3n) is 4.66. The molecule has 20 heavy (non-hydrogen) atoms. The molecule has 1 rings (SSSR count). The van der Waals surface area contributed by atoms with Crippen molar-refractivity contribution in [3.05, 3.63) is 0 Å². The molecule has 0 aromatic rings. The van der Waals surface area contributed by atoms with Crippen LogP contribution in [0, 0.1) is 11.8 Å². The summed E-state index contributed by atoms with van der Waals surface area (Å²) in [5, 5.41) is 3.67. The van der Waals surface area contributed by atoms with Crippen LogP contribution >= 0.6 is 0 Å². The second kappa shape index (κ2) is 9.78. The first-order valence-corrected chi connectivity index (χ1v) is 8.97. The molecule has 0 spiro atoms. The zero-order valence-electron chi connectivity index (χ0n) is 14.6. The third kappa shape index (κ3) is 7.08. The summed E-state index contributed by atoms with van der Waals surface area (Å²) in [5.74, 6) is 1.63. The Morgan fingerprint density at radius 1 is 0.950 bits per heavy atom. The quantitative estimate of drug-likeness (QED) is 0.601. The maximum Gasteiger partial charge on any atom is 0.0195 e. The van der Waals surface area contributed by atoms with Crippen molar-refractivity contribution in [3.8, 4) is 0 Å². The lowest BCUT2D eigenvalue weighted by Gasteiger charge is -2.35. The van der Waals surface area contributed by atoms with E-state index in [4.69, 9.17) is 0 Å². The van der Waals surface area contributed by atoms with Crippen LogP contribution in [0.5, 0.6) is 0 Å². The third-order valence-corrected chi connectivity index (χ3v) is 4.66. The summed E-state index contributed by atoms with van der Waals surface area (Å²) >= 11 is 0. The second-order valence-corrected chi connectivity index (χ2v) is 7.59. The minimum atomic E-state index is 0.684. The van der Waals surface area contributed by atoms with Gasteiger partial charge in [-0.1, -0.05) is 40.5 Å². The summed E-state index contributed by atoms with van der Waals surface area (Å²) in [5.41, 5.74) is 0. The maximum absolute atomic E-state index is 3.67. The molecule has 1 saturated carbocycles. The van der Waals surface area contributed by atoms with Gasteiger partial charge >= 0.3 is 0 Å². The van der Waals surface area contributed by atoms with E-state index in [1.54, 1.807) is 0 Å². The summed E-state index contributed by atoms with van der Waals surface area (Å²) in [4.78, 5) is 2.80. The van der Waals surface area contributed by atoms with E-state index in [1.807, 2.05) is 0 Å². The molecule has 120 valence electrons. The minimum absolute atomic E-state index is 0.684. The molecule has 0 saturated heterocycles. The molecule has 1 aliphatic carbocycles. The van der Waals surface area contributed by atoms with E-state index in [-0.39, 0.29) is 0 Å². The van der Waals surface area contributed by atoms with Gasteiger partial charge in [-0.2, -0.15) is 0 Å². The van der Waals surface area contributed by atoms with E-state index in [0.717, 1.165) is 24.4 Å². The molecular formula is C18H38N2. The van der Waals surface area contributed by atoms with Gasteiger partial charge < -0.3 is 5.32 Å². The normalized spacial score (nSPS) is 18.6. The van der Waals surface area contributed by atoms with Gasteiger partial charge in [-0.25, -0.2) is 0 Å². The van der Waals surface area contributed by atoms with Crippen molar-refractivity contribution in [2.75, 3.05) is 19.6 Å². The van der Waals surface area contributed by atoms with E-state index >= 15 is 0 Å². The summed E-state index contributed by atoms with van der Waals surface area (Å²) in [6, 6.07) is 1.54. The highest BCUT2D eigenvalue weighted by atomic mass is 15.2. The predicted octanol–water partition coefficient (Wildman–Crippen LogP) is 4.30. The van der Waals surface area contributed by atoms with Crippen LogP contribution in [-0.2, 0) is 0 Å². The van der Waals surface area contributed by atoms with E-state index in [1.165, 1.54) is 51.6 Å². The Morgan fingerprint density at radius 3 is 2.10 bits per heavy atom. The number of nitrogens with zero attached hydrogens (tertiary/aromatic N) is 1. The lowest BCUT2D eigenvalue weighted by molar-refractivity contribution is 0.135. The van der Waals surface area contributed by atoms with Crippen LogP contribution in [-0.4, -0.2) is 36.6 Å². The predicted molar refractivity (Wildman–Crippen MR) is 90.2 cm³/mol. The molecule has 1 unspecified atom stereocenters. The number of hydrogen-bond acceptors (Lipinski definition) is 2. The van der Waals surface area contributed by atoms with E-state index in [9.17, 15) is 0 Å². The molecule has 0 bridgehead atoms. The molecule has 0 aromatic carbocycles. The Labute approximate surface area is 127 Å². The summed E-state index contributed by atoms with van der Waals surface area (Å²) in [6.45, 7) is 15.3. The summed E-state index contributed by atoms with van der Waals surface area (Å²) in [6.07, 6.45) is 8.37. The van der Waals surface area contributed by atoms with Crippen LogP contribution in [0.3, 0.4) is 0 Å². The molecule has 2 heteroatoms. The van der Waals surface area contributed by atoms with Crippen LogP contribution in [0.15, 0.2) is 0 Å². The van der Waals surface area contributed by atoms with Gasteiger partial charge in [0, 0.05) is 18.6 Å². The maximum atomic E-state index is 3.67. The molecule has 0 aromatic heterocycles. The van der Waals surface area contributed by atoms with Crippen molar-refractivity contribution < 1.29 is 0 Å². The van der Waals surface area contributed by atoms with Gasteiger partial charge in [-0.3, -0.25) is 4.90 Å². The Hall–Kier alpha value is -0.0800. The number of nitrogens with one attached hydrogen (secondary N) is 1. The number of rotatable bonds is 10. The molecule has 1 fully saturated rings. The van der Waals surface area contributed by atoms with Crippen molar-refractivity contribution in [3.63, 3.8) is 0 Å². The van der Waals surface area contributed by atoms with Gasteiger partial charge in [0.1, 0.15) is 0 Å². The molecule has 0 aliphatic heterocycles. The zero-order chi connectivity index (χ0) is 15.0. The summed E-state index contributed by atoms with van der Waals surface area (Å²) in [7, 11) is 0. The van der Waals surface area contributed by atoms with E-state index in [0.29, 0.717) is 6.04 Å². The van der Waals surface area contributed by atoms with Crippen molar-refractivity contribution in [2.45, 2.75) is 85.2 Å². The Kier molecular flexibility index (Phi) is 8.79. The average Bonchev–Trinajstić information content (AvgIpc) is 2.88. The smallest absolute Gasteiger partial charge is 0.0195 e. The van der Waals surface area contributed by atoms with Gasteiger partial charge in [0.05, 0.1) is 0 Å². The fraction of sp³-hybridized carbons (Fsp3) is 1.00. The second-order valence-electron chi connectivity index (χ2n) is 7.59. The average molecular weight is 283 g/mol. The largest absolute Gasteiger partial charge is 0.315 e. The van der Waals surface area contributed by atoms with Gasteiger partial charge in [0.25, 0.3) is 0 Å². The molecule has 2 nitrogen and oxygen atoms in total. The zero-order valence-corrected chi connectivity index (χ0v) is 14.6. The highest BCUT2D eigenvalue weighted by Crippen LogP contribution is 2.25. The van der Waals surface area contributed by atoms with Crippen molar-refractivity contribution in [2.24, 2.45) is 11.8 Å². The highest BCUT2D eigenvalue weighted by Gasteiger charge is 2.26. The standard InChI is InChI=1S/C18H38N2/c1-15(2)10-12-19-14-17(5)20(13-11-16(3)4)18-8-6-7-9-18/h15-19H,6-14H2,1-5H3. The van der Waals surface area contributed by atoms with Crippen molar-refractivity contribution in [1.82, 2.24) is 10.2 Å². The van der Waals surface area contributed by atoms with Crippen LogP contribution in [0.4, 0.5) is 0 Å². The van der Waals surface area contributed by atoms with Crippen molar-refractivity contribution in [1.29, 1.82) is 0 Å². The topological polar surface area (TPSA) is 15.3 Å². The van der Waals surface area contributed by atoms with E-state index < -0.39 is 0 Å². The fourth-order valence-electron chi connectivity index (χ4n) is 3.22. The van der Waals surface area contributed by atoms with Crippen LogP contribution in [0.2, 0.25) is 0 Å². The molecule has 1 aliphatic rings. The first-order valence-electron chi connectivity index (χ1n) is 8.97. The van der Waals surface area contributed by atoms with E-state index in [2.05, 4.69) is 44.8 Å². The molecule has 1 atom stereocenters. The van der Waals surface area contributed by atoms with Crippen LogP contribution < -0.4 is 5.32 Å². The Morgan fingerprint density at radius 2 is 1.55 bits per heavy atom. The van der Waals surface area contributed by atoms with Gasteiger partial charge in [0.2, 0.25) is 0 Å². The lowest BCUT2D eigenvalue weighted by atomic mass is 10.1. The van der Waals surface area contributed by atoms with Gasteiger partial charge in [-0.05, 0) is 57.5 Å². The van der Waals surface area contributed by atoms with Crippen LogP contribution in [0.25, 0.3) is 0 Å². The molecular weight excluding hydrogens is 244 g/mol. The first-order chi connectivity index (χ1) is 9.50. The molecule has 0 heterocycles. The van der Waals surface area contributed by atoms with Gasteiger partial charge in [0.15, 0.2) is 0 Å². The first kappa shape index (κ1) is 18.0. The molecule has 0 amide bonds.